The van der Waals surface area contributed by atoms with E-state index in [1.807, 2.05) is 24.3 Å². The van der Waals surface area contributed by atoms with Gasteiger partial charge in [-0.05, 0) is 17.7 Å². The quantitative estimate of drug-likeness (QED) is 0.546. The molecule has 0 spiro atoms. The topological polar surface area (TPSA) is 26.5 Å². The number of benzene rings is 2. The molecule has 2 aromatic carbocycles. The number of hydrogen-bond donors (Lipinski definition) is 0. The molecule has 0 N–H and O–H groups in total. The number of rotatable bonds is 3. The molecule has 4 heteroatoms. The van der Waals surface area contributed by atoms with Gasteiger partial charge >= 0.3 is 0 Å². The van der Waals surface area contributed by atoms with Crippen molar-refractivity contribution in [2.75, 3.05) is 7.11 Å². The lowest BCUT2D eigenvalue weighted by Crippen LogP contribution is -1.84. The number of fused-ring (bicyclic) bond motifs is 1. The summed E-state index contributed by atoms with van der Waals surface area (Å²) in [4.78, 5) is 5.73. The van der Waals surface area contributed by atoms with E-state index in [-0.39, 0.29) is 0 Å². The molecule has 0 bridgehead atoms. The molecule has 0 radical (unpaired) electrons. The number of nitrogens with zero attached hydrogens (tertiary/aromatic N) is 2. The van der Waals surface area contributed by atoms with E-state index in [9.17, 15) is 0 Å². The minimum Gasteiger partial charge on any atom is -0.497 e. The fraction of sp³-hybridized carbons (Fsp3) is 0.0556. The van der Waals surface area contributed by atoms with E-state index < -0.39 is 0 Å². The summed E-state index contributed by atoms with van der Waals surface area (Å²) < 4.78 is 7.44. The van der Waals surface area contributed by atoms with Crippen molar-refractivity contribution in [3.05, 3.63) is 66.2 Å². The smallest absolute Gasteiger partial charge is 0.194 e. The second-order valence-electron chi connectivity index (χ2n) is 5.00. The van der Waals surface area contributed by atoms with Crippen LogP contribution in [-0.4, -0.2) is 16.5 Å². The molecule has 0 aliphatic carbocycles. The molecule has 0 aliphatic rings. The Morgan fingerprint density at radius 1 is 1.00 bits per heavy atom. The molecule has 22 heavy (non-hydrogen) atoms. The van der Waals surface area contributed by atoms with Gasteiger partial charge in [-0.25, -0.2) is 4.98 Å². The molecule has 2 aromatic heterocycles. The van der Waals surface area contributed by atoms with E-state index >= 15 is 0 Å². The van der Waals surface area contributed by atoms with Crippen molar-refractivity contribution >= 4 is 16.3 Å². The SMILES string of the molecule is COc1cccc(-c2cn3c(-c4ccccc4)csc3n2)c1. The summed E-state index contributed by atoms with van der Waals surface area (Å²) in [7, 11) is 1.68. The Bertz CT molecular complexity index is 925. The standard InChI is InChI=1S/C18H14N2OS/c1-21-15-9-5-8-14(10-15)16-11-20-17(12-22-18(20)19-16)13-6-3-2-4-7-13/h2-12H,1H3. The molecule has 0 atom stereocenters. The fourth-order valence-corrected chi connectivity index (χ4v) is 3.40. The highest BCUT2D eigenvalue weighted by atomic mass is 32.1. The Hall–Kier alpha value is -2.59. The summed E-state index contributed by atoms with van der Waals surface area (Å²) >= 11 is 1.65. The predicted molar refractivity (Wildman–Crippen MR) is 90.5 cm³/mol. The van der Waals surface area contributed by atoms with Crippen LogP contribution in [0.4, 0.5) is 0 Å². The van der Waals surface area contributed by atoms with Crippen LogP contribution in [0.3, 0.4) is 0 Å². The Morgan fingerprint density at radius 3 is 2.64 bits per heavy atom. The first-order chi connectivity index (χ1) is 10.8. The summed E-state index contributed by atoms with van der Waals surface area (Å²) in [5, 5.41) is 2.15. The molecular weight excluding hydrogens is 292 g/mol. The van der Waals surface area contributed by atoms with Gasteiger partial charge in [-0.1, -0.05) is 42.5 Å². The van der Waals surface area contributed by atoms with Crippen LogP contribution in [-0.2, 0) is 0 Å². The van der Waals surface area contributed by atoms with Crippen LogP contribution in [0.15, 0.2) is 66.2 Å². The zero-order valence-electron chi connectivity index (χ0n) is 12.1. The summed E-state index contributed by atoms with van der Waals surface area (Å²) in [5.74, 6) is 0.845. The van der Waals surface area contributed by atoms with Gasteiger partial charge in [0.15, 0.2) is 4.96 Å². The van der Waals surface area contributed by atoms with E-state index in [0.29, 0.717) is 0 Å². The largest absolute Gasteiger partial charge is 0.497 e. The summed E-state index contributed by atoms with van der Waals surface area (Å²) in [6, 6.07) is 18.4. The van der Waals surface area contributed by atoms with E-state index in [1.165, 1.54) is 11.3 Å². The first-order valence-electron chi connectivity index (χ1n) is 7.01. The van der Waals surface area contributed by atoms with Crippen LogP contribution in [0.2, 0.25) is 0 Å². The third-order valence-corrected chi connectivity index (χ3v) is 4.48. The van der Waals surface area contributed by atoms with Crippen molar-refractivity contribution < 1.29 is 4.74 Å². The molecule has 3 nitrogen and oxygen atoms in total. The van der Waals surface area contributed by atoms with Crippen molar-refractivity contribution in [2.45, 2.75) is 0 Å². The summed E-state index contributed by atoms with van der Waals surface area (Å²) in [5.41, 5.74) is 4.39. The van der Waals surface area contributed by atoms with Crippen molar-refractivity contribution in [2.24, 2.45) is 0 Å². The highest BCUT2D eigenvalue weighted by Gasteiger charge is 2.11. The van der Waals surface area contributed by atoms with E-state index in [2.05, 4.69) is 46.3 Å². The molecule has 0 amide bonds. The van der Waals surface area contributed by atoms with Crippen LogP contribution in [0.5, 0.6) is 5.75 Å². The van der Waals surface area contributed by atoms with Gasteiger partial charge in [0, 0.05) is 17.1 Å². The van der Waals surface area contributed by atoms with Crippen LogP contribution >= 0.6 is 11.3 Å². The number of thiazole rings is 1. The van der Waals surface area contributed by atoms with Gasteiger partial charge in [-0.3, -0.25) is 4.40 Å². The summed E-state index contributed by atoms with van der Waals surface area (Å²) in [6.07, 6.45) is 2.09. The normalized spacial score (nSPS) is 11.0. The Balaban J connectivity index is 1.83. The first kappa shape index (κ1) is 13.1. The Labute approximate surface area is 132 Å². The van der Waals surface area contributed by atoms with Gasteiger partial charge in [-0.2, -0.15) is 0 Å². The van der Waals surface area contributed by atoms with Gasteiger partial charge < -0.3 is 4.74 Å². The molecule has 0 aliphatic heterocycles. The van der Waals surface area contributed by atoms with Crippen LogP contribution < -0.4 is 4.74 Å². The second kappa shape index (κ2) is 5.31. The third kappa shape index (κ3) is 2.18. The van der Waals surface area contributed by atoms with Crippen molar-refractivity contribution in [1.82, 2.24) is 9.38 Å². The van der Waals surface area contributed by atoms with Crippen LogP contribution in [0.25, 0.3) is 27.5 Å². The lowest BCUT2D eigenvalue weighted by atomic mass is 10.1. The van der Waals surface area contributed by atoms with Gasteiger partial charge in [0.05, 0.1) is 18.5 Å². The number of ether oxygens (including phenoxy) is 1. The molecule has 0 saturated carbocycles. The van der Waals surface area contributed by atoms with Gasteiger partial charge in [0.1, 0.15) is 5.75 Å². The molecule has 0 unspecified atom stereocenters. The first-order valence-corrected chi connectivity index (χ1v) is 7.89. The number of aromatic nitrogens is 2. The molecule has 0 fully saturated rings. The minimum absolute atomic E-state index is 0.845. The van der Waals surface area contributed by atoms with E-state index in [0.717, 1.165) is 22.0 Å². The monoisotopic (exact) mass is 306 g/mol. The highest BCUT2D eigenvalue weighted by molar-refractivity contribution is 7.15. The molecule has 4 aromatic rings. The number of imidazole rings is 1. The summed E-state index contributed by atoms with van der Waals surface area (Å²) in [6.45, 7) is 0. The van der Waals surface area contributed by atoms with Crippen molar-refractivity contribution in [1.29, 1.82) is 0 Å². The van der Waals surface area contributed by atoms with Gasteiger partial charge in [-0.15, -0.1) is 11.3 Å². The van der Waals surface area contributed by atoms with Gasteiger partial charge in [0.2, 0.25) is 0 Å². The molecule has 0 saturated heterocycles. The van der Waals surface area contributed by atoms with Crippen molar-refractivity contribution in [3.8, 4) is 28.3 Å². The molecular formula is C18H14N2OS. The lowest BCUT2D eigenvalue weighted by Gasteiger charge is -2.01. The molecule has 2 heterocycles. The minimum atomic E-state index is 0.845. The average molecular weight is 306 g/mol. The number of hydrogen-bond acceptors (Lipinski definition) is 3. The average Bonchev–Trinajstić information content (AvgIpc) is 3.16. The molecule has 4 rings (SSSR count). The predicted octanol–water partition coefficient (Wildman–Crippen LogP) is 4.74. The van der Waals surface area contributed by atoms with Crippen molar-refractivity contribution in [3.63, 3.8) is 0 Å². The lowest BCUT2D eigenvalue weighted by molar-refractivity contribution is 0.415. The second-order valence-corrected chi connectivity index (χ2v) is 5.83. The fourth-order valence-electron chi connectivity index (χ4n) is 2.52. The van der Waals surface area contributed by atoms with E-state index in [1.54, 1.807) is 18.4 Å². The third-order valence-electron chi connectivity index (χ3n) is 3.64. The van der Waals surface area contributed by atoms with E-state index in [4.69, 9.17) is 9.72 Å². The Kier molecular flexibility index (Phi) is 3.16. The zero-order valence-corrected chi connectivity index (χ0v) is 12.9. The van der Waals surface area contributed by atoms with Crippen LogP contribution in [0, 0.1) is 0 Å². The Morgan fingerprint density at radius 2 is 1.82 bits per heavy atom. The maximum Gasteiger partial charge on any atom is 0.194 e. The maximum atomic E-state index is 5.29. The highest BCUT2D eigenvalue weighted by Crippen LogP contribution is 2.30. The number of methoxy groups -OCH3 is 1. The maximum absolute atomic E-state index is 5.29. The van der Waals surface area contributed by atoms with Crippen LogP contribution in [0.1, 0.15) is 0 Å². The molecule has 108 valence electrons. The zero-order chi connectivity index (χ0) is 14.9. The van der Waals surface area contributed by atoms with Gasteiger partial charge in [0.25, 0.3) is 0 Å².